The minimum absolute atomic E-state index is 0.471. The van der Waals surface area contributed by atoms with E-state index in [0.717, 1.165) is 21.6 Å². The first-order chi connectivity index (χ1) is 12.7. The van der Waals surface area contributed by atoms with Gasteiger partial charge in [-0.05, 0) is 29.8 Å². The van der Waals surface area contributed by atoms with Crippen LogP contribution in [0.1, 0.15) is 5.56 Å². The monoisotopic (exact) mass is 364 g/mol. The van der Waals surface area contributed by atoms with Crippen molar-refractivity contribution in [3.8, 4) is 0 Å². The molecular weight excluding hydrogens is 344 g/mol. The van der Waals surface area contributed by atoms with Crippen molar-refractivity contribution in [3.63, 3.8) is 0 Å². The number of halogens is 1. The number of hydrogen-bond acceptors (Lipinski definition) is 2. The molecule has 2 N–H and O–H groups in total. The topological polar surface area (TPSA) is 37.2 Å². The Morgan fingerprint density at radius 1 is 0.846 bits per heavy atom. The van der Waals surface area contributed by atoms with Crippen molar-refractivity contribution in [2.45, 2.75) is 19.2 Å². The number of aromatic nitrogens is 1. The largest absolute Gasteiger partial charge is 0.390 e. The van der Waals surface area contributed by atoms with Gasteiger partial charge in [0.15, 0.2) is 0 Å². The zero-order valence-corrected chi connectivity index (χ0v) is 15.2. The lowest BCUT2D eigenvalue weighted by Gasteiger charge is -2.15. The fraction of sp³-hybridized carbons (Fsp3) is 0.182. The number of aliphatic hydroxyl groups excluding tert-OH is 1. The SMILES string of the molecule is O[C@@H](CNCc1ccc(Cl)cc1)Cn1c2ccccc2c2ccccc21. The Balaban J connectivity index is 1.48. The van der Waals surface area contributed by atoms with Crippen LogP contribution in [0.4, 0.5) is 0 Å². The number of benzene rings is 3. The molecule has 0 aliphatic rings. The molecular formula is C22H21ClN2O. The first-order valence-corrected chi connectivity index (χ1v) is 9.19. The van der Waals surface area contributed by atoms with E-state index in [1.807, 2.05) is 36.4 Å². The lowest BCUT2D eigenvalue weighted by atomic mass is 10.2. The average molecular weight is 365 g/mol. The molecule has 0 saturated heterocycles. The summed E-state index contributed by atoms with van der Waals surface area (Å²) in [5.74, 6) is 0. The third-order valence-electron chi connectivity index (χ3n) is 4.70. The summed E-state index contributed by atoms with van der Waals surface area (Å²) in [5, 5.41) is 17.1. The Labute approximate surface area is 157 Å². The van der Waals surface area contributed by atoms with Crippen LogP contribution < -0.4 is 5.32 Å². The van der Waals surface area contributed by atoms with E-state index in [4.69, 9.17) is 11.6 Å². The van der Waals surface area contributed by atoms with Gasteiger partial charge in [0.1, 0.15) is 0 Å². The second kappa shape index (κ2) is 7.50. The number of hydrogen-bond donors (Lipinski definition) is 2. The maximum Gasteiger partial charge on any atom is 0.0843 e. The molecule has 0 saturated carbocycles. The molecule has 26 heavy (non-hydrogen) atoms. The summed E-state index contributed by atoms with van der Waals surface area (Å²) < 4.78 is 2.21. The van der Waals surface area contributed by atoms with Gasteiger partial charge in [0.2, 0.25) is 0 Å². The Hall–Kier alpha value is -2.33. The number of aliphatic hydroxyl groups is 1. The summed E-state index contributed by atoms with van der Waals surface area (Å²) in [6, 6.07) is 24.5. The van der Waals surface area contributed by atoms with Gasteiger partial charge >= 0.3 is 0 Å². The Kier molecular flexibility index (Phi) is 4.93. The standard InChI is InChI=1S/C22H21ClN2O/c23-17-11-9-16(10-12-17)13-24-14-18(26)15-25-21-7-3-1-5-19(21)20-6-2-4-8-22(20)25/h1-12,18,24,26H,13-15H2/t18-/m0/s1. The Bertz CT molecular complexity index is 970. The number of para-hydroxylation sites is 2. The highest BCUT2D eigenvalue weighted by molar-refractivity contribution is 6.30. The maximum atomic E-state index is 10.6. The number of nitrogens with one attached hydrogen (secondary N) is 1. The third kappa shape index (κ3) is 3.47. The zero-order chi connectivity index (χ0) is 17.9. The summed E-state index contributed by atoms with van der Waals surface area (Å²) in [6.45, 7) is 1.80. The molecule has 1 aromatic heterocycles. The molecule has 0 amide bonds. The average Bonchev–Trinajstić information content (AvgIpc) is 2.98. The number of fused-ring (bicyclic) bond motifs is 3. The van der Waals surface area contributed by atoms with Crippen LogP contribution in [0.5, 0.6) is 0 Å². The first kappa shape index (κ1) is 17.1. The van der Waals surface area contributed by atoms with E-state index in [-0.39, 0.29) is 0 Å². The van der Waals surface area contributed by atoms with Crippen LogP contribution in [-0.4, -0.2) is 22.3 Å². The van der Waals surface area contributed by atoms with E-state index in [9.17, 15) is 5.11 Å². The molecule has 1 atom stereocenters. The van der Waals surface area contributed by atoms with Crippen LogP contribution in [0.2, 0.25) is 5.02 Å². The maximum absolute atomic E-state index is 10.6. The van der Waals surface area contributed by atoms with E-state index in [1.54, 1.807) is 0 Å². The summed E-state index contributed by atoms with van der Waals surface area (Å²) in [4.78, 5) is 0. The van der Waals surface area contributed by atoms with Gasteiger partial charge in [0.25, 0.3) is 0 Å². The minimum Gasteiger partial charge on any atom is -0.390 e. The van der Waals surface area contributed by atoms with Gasteiger partial charge in [-0.15, -0.1) is 0 Å². The van der Waals surface area contributed by atoms with Gasteiger partial charge in [-0.2, -0.15) is 0 Å². The van der Waals surface area contributed by atoms with Crippen molar-refractivity contribution in [1.82, 2.24) is 9.88 Å². The second-order valence-electron chi connectivity index (χ2n) is 6.56. The van der Waals surface area contributed by atoms with Crippen molar-refractivity contribution in [2.24, 2.45) is 0 Å². The minimum atomic E-state index is -0.471. The summed E-state index contributed by atoms with van der Waals surface area (Å²) >= 11 is 5.91. The van der Waals surface area contributed by atoms with Crippen molar-refractivity contribution in [1.29, 1.82) is 0 Å². The van der Waals surface area contributed by atoms with Crippen LogP contribution >= 0.6 is 11.6 Å². The van der Waals surface area contributed by atoms with Gasteiger partial charge in [0.05, 0.1) is 12.6 Å². The third-order valence-corrected chi connectivity index (χ3v) is 4.95. The summed E-state index contributed by atoms with van der Waals surface area (Å²) in [7, 11) is 0. The van der Waals surface area contributed by atoms with Crippen LogP contribution in [0.25, 0.3) is 21.8 Å². The van der Waals surface area contributed by atoms with Crippen LogP contribution in [0, 0.1) is 0 Å². The molecule has 3 nitrogen and oxygen atoms in total. The fourth-order valence-electron chi connectivity index (χ4n) is 3.46. The van der Waals surface area contributed by atoms with E-state index in [0.29, 0.717) is 19.6 Å². The van der Waals surface area contributed by atoms with Gasteiger partial charge in [-0.25, -0.2) is 0 Å². The van der Waals surface area contributed by atoms with Gasteiger partial charge in [0, 0.05) is 39.9 Å². The van der Waals surface area contributed by atoms with Gasteiger partial charge in [-0.1, -0.05) is 60.1 Å². The number of nitrogens with zero attached hydrogens (tertiary/aromatic N) is 1. The van der Waals surface area contributed by atoms with E-state index in [1.165, 1.54) is 10.8 Å². The highest BCUT2D eigenvalue weighted by Gasteiger charge is 2.13. The molecule has 3 aromatic carbocycles. The molecule has 4 heteroatoms. The van der Waals surface area contributed by atoms with E-state index in [2.05, 4.69) is 46.3 Å². The van der Waals surface area contributed by atoms with E-state index < -0.39 is 6.10 Å². The van der Waals surface area contributed by atoms with E-state index >= 15 is 0 Å². The molecule has 0 bridgehead atoms. The zero-order valence-electron chi connectivity index (χ0n) is 14.4. The highest BCUT2D eigenvalue weighted by atomic mass is 35.5. The smallest absolute Gasteiger partial charge is 0.0843 e. The van der Waals surface area contributed by atoms with Crippen molar-refractivity contribution >= 4 is 33.4 Å². The Morgan fingerprint density at radius 2 is 1.42 bits per heavy atom. The predicted molar refractivity (Wildman–Crippen MR) is 109 cm³/mol. The molecule has 0 aliphatic carbocycles. The van der Waals surface area contributed by atoms with Crippen LogP contribution in [0.15, 0.2) is 72.8 Å². The van der Waals surface area contributed by atoms with Crippen LogP contribution in [0.3, 0.4) is 0 Å². The molecule has 132 valence electrons. The van der Waals surface area contributed by atoms with Crippen molar-refractivity contribution in [2.75, 3.05) is 6.54 Å². The van der Waals surface area contributed by atoms with Gasteiger partial charge in [-0.3, -0.25) is 0 Å². The van der Waals surface area contributed by atoms with Crippen molar-refractivity contribution < 1.29 is 5.11 Å². The first-order valence-electron chi connectivity index (χ1n) is 8.81. The number of rotatable bonds is 6. The molecule has 0 radical (unpaired) electrons. The van der Waals surface area contributed by atoms with Crippen molar-refractivity contribution in [3.05, 3.63) is 83.4 Å². The lowest BCUT2D eigenvalue weighted by Crippen LogP contribution is -2.29. The van der Waals surface area contributed by atoms with Gasteiger partial charge < -0.3 is 15.0 Å². The predicted octanol–water partition coefficient (Wildman–Crippen LogP) is 4.60. The molecule has 0 aliphatic heterocycles. The molecule has 4 aromatic rings. The molecule has 1 heterocycles. The van der Waals surface area contributed by atoms with Crippen LogP contribution in [-0.2, 0) is 13.1 Å². The summed E-state index contributed by atoms with van der Waals surface area (Å²) in [5.41, 5.74) is 3.47. The summed E-state index contributed by atoms with van der Waals surface area (Å²) in [6.07, 6.45) is -0.471. The Morgan fingerprint density at radius 3 is 2.04 bits per heavy atom. The molecule has 0 unspecified atom stereocenters. The normalized spacial score (nSPS) is 12.7. The molecule has 0 spiro atoms. The fourth-order valence-corrected chi connectivity index (χ4v) is 3.59. The highest BCUT2D eigenvalue weighted by Crippen LogP contribution is 2.28. The lowest BCUT2D eigenvalue weighted by molar-refractivity contribution is 0.154. The second-order valence-corrected chi connectivity index (χ2v) is 6.99. The molecule has 4 rings (SSSR count). The quantitative estimate of drug-likeness (QED) is 0.524. The molecule has 0 fully saturated rings.